The summed E-state index contributed by atoms with van der Waals surface area (Å²) in [7, 11) is 0. The summed E-state index contributed by atoms with van der Waals surface area (Å²) in [6.07, 6.45) is -0.341. The lowest BCUT2D eigenvalue weighted by Crippen LogP contribution is -2.50. The smallest absolute Gasteiger partial charge is 0.317 e. The fourth-order valence-electron chi connectivity index (χ4n) is 5.04. The number of carbonyl (C=O) groups excluding carboxylic acids is 1. The molecule has 1 unspecified atom stereocenters. The molecule has 234 valence electrons. The number of nitrogens with two attached hydrogens (primary N) is 1. The molecule has 1 atom stereocenters. The molecular formula is C28H43N5O9. The van der Waals surface area contributed by atoms with Crippen molar-refractivity contribution in [2.24, 2.45) is 5.73 Å². The van der Waals surface area contributed by atoms with Crippen molar-refractivity contribution in [3.8, 4) is 0 Å². The third kappa shape index (κ3) is 11.4. The molecule has 1 aromatic carbocycles. The minimum atomic E-state index is -1.08. The van der Waals surface area contributed by atoms with E-state index in [1.807, 2.05) is 26.8 Å². The summed E-state index contributed by atoms with van der Waals surface area (Å²) in [6.45, 7) is 6.65. The highest BCUT2D eigenvalue weighted by molar-refractivity contribution is 5.83. The lowest BCUT2D eigenvalue weighted by atomic mass is 9.83. The molecule has 0 saturated carbocycles. The number of hydrogen-bond acceptors (Lipinski definition) is 9. The van der Waals surface area contributed by atoms with Crippen molar-refractivity contribution >= 4 is 29.8 Å². The lowest BCUT2D eigenvalue weighted by molar-refractivity contribution is -0.140. The zero-order valence-electron chi connectivity index (χ0n) is 24.5. The van der Waals surface area contributed by atoms with Crippen LogP contribution in [0.4, 0.5) is 0 Å². The quantitative estimate of drug-likeness (QED) is 0.222. The van der Waals surface area contributed by atoms with E-state index >= 15 is 0 Å². The SMILES string of the molecule is CC(C)(C)c1ccc(C(C(N)=O)N2CCN(CC(=O)O)CCN(CC(=O)O)CCN(CC(=O)O)CC2)c(CC(=O)O)c1. The Hall–Kier alpha value is -3.59. The number of aliphatic carboxylic acids is 4. The van der Waals surface area contributed by atoms with E-state index in [2.05, 4.69) is 0 Å². The van der Waals surface area contributed by atoms with Gasteiger partial charge in [-0.1, -0.05) is 39.0 Å². The number of carboxylic acids is 4. The van der Waals surface area contributed by atoms with Gasteiger partial charge in [-0.2, -0.15) is 0 Å². The van der Waals surface area contributed by atoms with Crippen molar-refractivity contribution in [1.82, 2.24) is 19.6 Å². The first-order chi connectivity index (χ1) is 19.6. The van der Waals surface area contributed by atoms with Gasteiger partial charge in [-0.3, -0.25) is 43.6 Å². The third-order valence-electron chi connectivity index (χ3n) is 7.23. The Labute approximate surface area is 245 Å². The highest BCUT2D eigenvalue weighted by Gasteiger charge is 2.31. The summed E-state index contributed by atoms with van der Waals surface area (Å²) in [5, 5.41) is 37.9. The standard InChI is InChI=1S/C28H43N5O9/c1-28(2,3)20-4-5-21(19(14-20)15-22(34)35)26(27(29)42)33-12-10-31(17-24(38)39)8-6-30(16-23(36)37)7-9-32(11-13-33)18-25(40)41/h4-5,14,26H,6-13,15-18H2,1-3H3,(H2,29,42)(H,34,35)(H,36,37)(H,38,39)(H,40,41). The summed E-state index contributed by atoms with van der Waals surface area (Å²) in [4.78, 5) is 66.1. The summed E-state index contributed by atoms with van der Waals surface area (Å²) in [5.74, 6) is -5.00. The van der Waals surface area contributed by atoms with Gasteiger partial charge in [0.2, 0.25) is 5.91 Å². The number of carbonyl (C=O) groups is 5. The van der Waals surface area contributed by atoms with Gasteiger partial charge in [0.15, 0.2) is 0 Å². The molecule has 1 amide bonds. The predicted molar refractivity (Wildman–Crippen MR) is 152 cm³/mol. The van der Waals surface area contributed by atoms with Crippen molar-refractivity contribution in [1.29, 1.82) is 0 Å². The van der Waals surface area contributed by atoms with E-state index in [1.54, 1.807) is 31.7 Å². The fourth-order valence-corrected chi connectivity index (χ4v) is 5.04. The monoisotopic (exact) mass is 593 g/mol. The summed E-state index contributed by atoms with van der Waals surface area (Å²) in [6, 6.07) is 4.24. The molecule has 2 rings (SSSR count). The average Bonchev–Trinajstić information content (AvgIpc) is 2.84. The number of nitrogens with zero attached hydrogens (tertiary/aromatic N) is 4. The second-order valence-corrected chi connectivity index (χ2v) is 11.6. The molecule has 1 saturated heterocycles. The Bertz CT molecular complexity index is 1110. The van der Waals surface area contributed by atoms with Crippen LogP contribution in [0, 0.1) is 0 Å². The van der Waals surface area contributed by atoms with Gasteiger partial charge >= 0.3 is 23.9 Å². The van der Waals surface area contributed by atoms with E-state index in [0.717, 1.165) is 5.56 Å². The molecule has 1 aliphatic rings. The maximum Gasteiger partial charge on any atom is 0.317 e. The van der Waals surface area contributed by atoms with Crippen LogP contribution in [-0.2, 0) is 35.8 Å². The van der Waals surface area contributed by atoms with Crippen LogP contribution in [0.3, 0.4) is 0 Å². The van der Waals surface area contributed by atoms with Crippen LogP contribution in [0.2, 0.25) is 0 Å². The molecule has 14 nitrogen and oxygen atoms in total. The second-order valence-electron chi connectivity index (χ2n) is 11.6. The van der Waals surface area contributed by atoms with Gasteiger partial charge in [0.25, 0.3) is 0 Å². The van der Waals surface area contributed by atoms with Crippen LogP contribution in [-0.4, -0.2) is 142 Å². The van der Waals surface area contributed by atoms with Crippen molar-refractivity contribution in [3.63, 3.8) is 0 Å². The van der Waals surface area contributed by atoms with Crippen molar-refractivity contribution in [2.45, 2.75) is 38.6 Å². The number of hydrogen-bond donors (Lipinski definition) is 5. The Kier molecular flexibility index (Phi) is 12.8. The van der Waals surface area contributed by atoms with Crippen LogP contribution < -0.4 is 5.73 Å². The topological polar surface area (TPSA) is 205 Å². The fraction of sp³-hybridized carbons (Fsp3) is 0.607. The Morgan fingerprint density at radius 2 is 1.12 bits per heavy atom. The van der Waals surface area contributed by atoms with Gasteiger partial charge in [-0.05, 0) is 22.1 Å². The Balaban J connectivity index is 2.53. The molecule has 0 radical (unpaired) electrons. The molecule has 1 aromatic rings. The van der Waals surface area contributed by atoms with E-state index < -0.39 is 35.8 Å². The maximum atomic E-state index is 13.0. The molecule has 42 heavy (non-hydrogen) atoms. The van der Waals surface area contributed by atoms with Crippen LogP contribution in [0.15, 0.2) is 18.2 Å². The van der Waals surface area contributed by atoms with Gasteiger partial charge in [0.1, 0.15) is 6.04 Å². The van der Waals surface area contributed by atoms with E-state index in [1.165, 1.54) is 0 Å². The molecular weight excluding hydrogens is 550 g/mol. The van der Waals surface area contributed by atoms with Gasteiger partial charge < -0.3 is 26.2 Å². The largest absolute Gasteiger partial charge is 0.481 e. The van der Waals surface area contributed by atoms with Crippen LogP contribution in [0.5, 0.6) is 0 Å². The zero-order chi connectivity index (χ0) is 31.6. The minimum absolute atomic E-state index is 0.161. The highest BCUT2D eigenvalue weighted by atomic mass is 16.4. The normalized spacial score (nSPS) is 18.0. The van der Waals surface area contributed by atoms with Crippen molar-refractivity contribution in [2.75, 3.05) is 72.0 Å². The molecule has 0 aromatic heterocycles. The molecule has 0 spiro atoms. The maximum absolute atomic E-state index is 13.0. The molecule has 1 heterocycles. The van der Waals surface area contributed by atoms with Crippen LogP contribution in [0.25, 0.3) is 0 Å². The lowest BCUT2D eigenvalue weighted by Gasteiger charge is -2.36. The molecule has 1 fully saturated rings. The van der Waals surface area contributed by atoms with E-state index in [4.69, 9.17) is 5.73 Å². The van der Waals surface area contributed by atoms with Gasteiger partial charge in [0, 0.05) is 52.4 Å². The number of primary amides is 1. The van der Waals surface area contributed by atoms with Crippen molar-refractivity contribution < 1.29 is 44.4 Å². The summed E-state index contributed by atoms with van der Waals surface area (Å²) >= 11 is 0. The minimum Gasteiger partial charge on any atom is -0.481 e. The van der Waals surface area contributed by atoms with E-state index in [-0.39, 0.29) is 83.8 Å². The van der Waals surface area contributed by atoms with Gasteiger partial charge in [-0.25, -0.2) is 0 Å². The number of rotatable bonds is 11. The first-order valence-corrected chi connectivity index (χ1v) is 13.8. The number of benzene rings is 1. The van der Waals surface area contributed by atoms with Crippen molar-refractivity contribution in [3.05, 3.63) is 34.9 Å². The predicted octanol–water partition coefficient (Wildman–Crippen LogP) is -0.387. The summed E-state index contributed by atoms with van der Waals surface area (Å²) in [5.41, 5.74) is 7.37. The first kappa shape index (κ1) is 34.6. The zero-order valence-corrected chi connectivity index (χ0v) is 24.5. The van der Waals surface area contributed by atoms with E-state index in [0.29, 0.717) is 11.1 Å². The van der Waals surface area contributed by atoms with Crippen LogP contribution >= 0.6 is 0 Å². The van der Waals surface area contributed by atoms with E-state index in [9.17, 15) is 44.4 Å². The summed E-state index contributed by atoms with van der Waals surface area (Å²) < 4.78 is 0. The van der Waals surface area contributed by atoms with Gasteiger partial charge in [-0.15, -0.1) is 0 Å². The average molecular weight is 594 g/mol. The molecule has 14 heteroatoms. The first-order valence-electron chi connectivity index (χ1n) is 13.8. The number of carboxylic acid groups (broad SMARTS) is 4. The number of amides is 1. The molecule has 1 aliphatic heterocycles. The molecule has 0 bridgehead atoms. The molecule has 0 aliphatic carbocycles. The molecule has 6 N–H and O–H groups in total. The highest BCUT2D eigenvalue weighted by Crippen LogP contribution is 2.30. The van der Waals surface area contributed by atoms with Gasteiger partial charge in [0.05, 0.1) is 26.1 Å². The second kappa shape index (κ2) is 15.6. The third-order valence-corrected chi connectivity index (χ3v) is 7.23. The van der Waals surface area contributed by atoms with Crippen LogP contribution in [0.1, 0.15) is 43.5 Å². The Morgan fingerprint density at radius 3 is 1.45 bits per heavy atom. The Morgan fingerprint density at radius 1 is 0.714 bits per heavy atom.